The predicted octanol–water partition coefficient (Wildman–Crippen LogP) is 2.78. The van der Waals surface area contributed by atoms with Crippen molar-refractivity contribution in [2.45, 2.75) is 70.8 Å². The van der Waals surface area contributed by atoms with Crippen molar-refractivity contribution in [1.82, 2.24) is 0 Å². The first-order valence-corrected chi connectivity index (χ1v) is 9.96. The molecule has 138 valence electrons. The predicted molar refractivity (Wildman–Crippen MR) is 95.7 cm³/mol. The van der Waals surface area contributed by atoms with Crippen LogP contribution in [0.5, 0.6) is 0 Å². The van der Waals surface area contributed by atoms with Crippen molar-refractivity contribution in [3.63, 3.8) is 0 Å². The van der Waals surface area contributed by atoms with E-state index in [2.05, 4.69) is 13.8 Å². The second kappa shape index (κ2) is 5.50. The molecule has 3 N–H and O–H groups in total. The third-order valence-electron chi connectivity index (χ3n) is 8.76. The molecule has 0 aromatic carbocycles. The van der Waals surface area contributed by atoms with Gasteiger partial charge in [0.25, 0.3) is 0 Å². The maximum Gasteiger partial charge on any atom is 0.178 e. The lowest BCUT2D eigenvalue weighted by molar-refractivity contribution is -0.160. The molecule has 6 atom stereocenters. The number of hydrogen-bond acceptors (Lipinski definition) is 4. The summed E-state index contributed by atoms with van der Waals surface area (Å²) in [6, 6.07) is 0. The minimum absolute atomic E-state index is 0.0698. The molecule has 0 heterocycles. The van der Waals surface area contributed by atoms with Crippen molar-refractivity contribution >= 4 is 11.6 Å². The fourth-order valence-electron chi connectivity index (χ4n) is 7.20. The average Bonchev–Trinajstić information content (AvgIpc) is 2.87. The summed E-state index contributed by atoms with van der Waals surface area (Å²) in [4.78, 5) is 24.3. The molecule has 0 amide bonds. The molecule has 0 spiro atoms. The van der Waals surface area contributed by atoms with Gasteiger partial charge in [-0.05, 0) is 74.2 Å². The lowest BCUT2D eigenvalue weighted by atomic mass is 9.46. The van der Waals surface area contributed by atoms with Crippen LogP contribution in [0.25, 0.3) is 0 Å². The van der Waals surface area contributed by atoms with Crippen LogP contribution in [0.15, 0.2) is 11.6 Å². The second-order valence-electron chi connectivity index (χ2n) is 9.45. The lowest BCUT2D eigenvalue weighted by Gasteiger charge is -2.58. The van der Waals surface area contributed by atoms with Crippen LogP contribution in [0, 0.1) is 28.6 Å². The van der Waals surface area contributed by atoms with Gasteiger partial charge < -0.3 is 10.8 Å². The number of nitrogens with two attached hydrogens (primary N) is 1. The van der Waals surface area contributed by atoms with Crippen molar-refractivity contribution in [2.24, 2.45) is 34.3 Å². The van der Waals surface area contributed by atoms with Gasteiger partial charge in [0, 0.05) is 11.8 Å². The first-order chi connectivity index (χ1) is 11.8. The van der Waals surface area contributed by atoms with Crippen molar-refractivity contribution in [1.29, 1.82) is 0 Å². The van der Waals surface area contributed by atoms with Crippen LogP contribution in [-0.2, 0) is 9.59 Å². The van der Waals surface area contributed by atoms with Gasteiger partial charge >= 0.3 is 0 Å². The van der Waals surface area contributed by atoms with Crippen LogP contribution in [0.2, 0.25) is 0 Å². The summed E-state index contributed by atoms with van der Waals surface area (Å²) in [7, 11) is 0. The monoisotopic (exact) mass is 345 g/mol. The number of hydrogen-bond donors (Lipinski definition) is 2. The van der Waals surface area contributed by atoms with E-state index >= 15 is 0 Å². The zero-order chi connectivity index (χ0) is 18.0. The molecule has 0 saturated heterocycles. The van der Waals surface area contributed by atoms with Gasteiger partial charge in [-0.3, -0.25) is 9.59 Å². The van der Waals surface area contributed by atoms with Crippen LogP contribution in [-0.4, -0.2) is 28.8 Å². The molecule has 3 saturated carbocycles. The van der Waals surface area contributed by atoms with Gasteiger partial charge in [-0.25, -0.2) is 0 Å². The summed E-state index contributed by atoms with van der Waals surface area (Å²) >= 11 is 0. The number of rotatable bonds is 2. The van der Waals surface area contributed by atoms with Crippen LogP contribution in [0.1, 0.15) is 65.2 Å². The Kier molecular flexibility index (Phi) is 3.83. The molecule has 6 unspecified atom stereocenters. The summed E-state index contributed by atoms with van der Waals surface area (Å²) in [5.41, 5.74) is 5.54. The Bertz CT molecular complexity index is 656. The van der Waals surface area contributed by atoms with Gasteiger partial charge in [-0.15, -0.1) is 0 Å². The molecule has 0 aromatic rings. The molecule has 4 rings (SSSR count). The summed E-state index contributed by atoms with van der Waals surface area (Å²) in [6.07, 6.45) is 9.06. The Labute approximate surface area is 150 Å². The van der Waals surface area contributed by atoms with Crippen LogP contribution in [0.4, 0.5) is 0 Å². The Hall–Kier alpha value is -1.00. The van der Waals surface area contributed by atoms with Gasteiger partial charge in [0.05, 0.1) is 6.54 Å². The first-order valence-electron chi connectivity index (χ1n) is 9.96. The number of Topliss-reactive ketones (excluding diaryl/α,β-unsaturated/α-hetero) is 1. The van der Waals surface area contributed by atoms with E-state index in [-0.39, 0.29) is 28.9 Å². The molecular weight excluding hydrogens is 314 g/mol. The molecule has 4 aliphatic rings. The standard InChI is InChI=1S/C21H31NO3/c1-19-8-5-14(23)11-13(19)3-4-15-16(19)6-9-20(2)17(15)7-10-21(20,25)18(24)12-22/h11,15-17,25H,3-10,12,22H2,1-2H3. The number of fused-ring (bicyclic) bond motifs is 5. The fraction of sp³-hybridized carbons (Fsp3) is 0.810. The summed E-state index contributed by atoms with van der Waals surface area (Å²) in [5.74, 6) is 1.63. The minimum atomic E-state index is -1.24. The molecule has 0 aromatic heterocycles. The van der Waals surface area contributed by atoms with Gasteiger partial charge in [0.1, 0.15) is 5.60 Å². The van der Waals surface area contributed by atoms with Crippen molar-refractivity contribution in [3.05, 3.63) is 11.6 Å². The van der Waals surface area contributed by atoms with Gasteiger partial charge in [-0.1, -0.05) is 19.4 Å². The summed E-state index contributed by atoms with van der Waals surface area (Å²) < 4.78 is 0. The minimum Gasteiger partial charge on any atom is -0.381 e. The molecule has 3 fully saturated rings. The van der Waals surface area contributed by atoms with Crippen LogP contribution >= 0.6 is 0 Å². The molecule has 4 aliphatic carbocycles. The number of carbonyl (C=O) groups excluding carboxylic acids is 2. The Morgan fingerprint density at radius 2 is 1.88 bits per heavy atom. The van der Waals surface area contributed by atoms with E-state index in [0.29, 0.717) is 30.6 Å². The highest BCUT2D eigenvalue weighted by atomic mass is 16.3. The Morgan fingerprint density at radius 3 is 2.60 bits per heavy atom. The van der Waals surface area contributed by atoms with E-state index in [1.165, 1.54) is 5.57 Å². The molecule has 4 nitrogen and oxygen atoms in total. The molecule has 4 heteroatoms. The third kappa shape index (κ3) is 2.13. The average molecular weight is 345 g/mol. The highest BCUT2D eigenvalue weighted by Gasteiger charge is 2.65. The summed E-state index contributed by atoms with van der Waals surface area (Å²) in [6.45, 7) is 4.42. The molecule has 25 heavy (non-hydrogen) atoms. The maximum absolute atomic E-state index is 12.5. The number of aliphatic hydroxyl groups is 1. The van der Waals surface area contributed by atoms with E-state index in [1.54, 1.807) is 0 Å². The largest absolute Gasteiger partial charge is 0.381 e. The zero-order valence-corrected chi connectivity index (χ0v) is 15.5. The highest BCUT2D eigenvalue weighted by molar-refractivity contribution is 5.92. The smallest absolute Gasteiger partial charge is 0.178 e. The van der Waals surface area contributed by atoms with Gasteiger partial charge in [0.15, 0.2) is 11.6 Å². The number of ketones is 2. The number of allylic oxidation sites excluding steroid dienone is 1. The van der Waals surface area contributed by atoms with E-state index in [1.807, 2.05) is 6.08 Å². The molecule has 0 radical (unpaired) electrons. The Balaban J connectivity index is 1.68. The normalized spacial score (nSPS) is 49.0. The fourth-order valence-corrected chi connectivity index (χ4v) is 7.20. The van der Waals surface area contributed by atoms with Crippen molar-refractivity contribution < 1.29 is 14.7 Å². The van der Waals surface area contributed by atoms with Gasteiger partial charge in [-0.2, -0.15) is 0 Å². The highest BCUT2D eigenvalue weighted by Crippen LogP contribution is 2.67. The SMILES string of the molecule is CC12CCC(=O)C=C1CCC1C2CCC2(C)C1CCC2(O)C(=O)CN. The molecule has 0 aliphatic heterocycles. The molecular formula is C21H31NO3. The third-order valence-corrected chi connectivity index (χ3v) is 8.76. The van der Waals surface area contributed by atoms with Crippen molar-refractivity contribution in [3.8, 4) is 0 Å². The van der Waals surface area contributed by atoms with Gasteiger partial charge in [0.2, 0.25) is 0 Å². The van der Waals surface area contributed by atoms with Crippen LogP contribution in [0.3, 0.4) is 0 Å². The first kappa shape index (κ1) is 17.4. The maximum atomic E-state index is 12.5. The molecule has 0 bridgehead atoms. The van der Waals surface area contributed by atoms with E-state index < -0.39 is 5.60 Å². The quantitative estimate of drug-likeness (QED) is 0.806. The number of carbonyl (C=O) groups is 2. The summed E-state index contributed by atoms with van der Waals surface area (Å²) in [5, 5.41) is 11.3. The van der Waals surface area contributed by atoms with E-state index in [4.69, 9.17) is 5.73 Å². The van der Waals surface area contributed by atoms with Crippen molar-refractivity contribution in [2.75, 3.05) is 6.54 Å². The van der Waals surface area contributed by atoms with E-state index in [0.717, 1.165) is 38.5 Å². The zero-order valence-electron chi connectivity index (χ0n) is 15.5. The lowest BCUT2D eigenvalue weighted by Crippen LogP contribution is -2.58. The topological polar surface area (TPSA) is 80.4 Å². The second-order valence-corrected chi connectivity index (χ2v) is 9.45. The Morgan fingerprint density at radius 1 is 1.16 bits per heavy atom. The van der Waals surface area contributed by atoms with E-state index in [9.17, 15) is 14.7 Å². The van der Waals surface area contributed by atoms with Crippen LogP contribution < -0.4 is 5.73 Å².